The molecule has 0 aliphatic carbocycles. The second kappa shape index (κ2) is 8.91. The number of hydrogen-bond donors (Lipinski definition) is 2. The fourth-order valence-electron chi connectivity index (χ4n) is 3.19. The second-order valence-electron chi connectivity index (χ2n) is 5.99. The van der Waals surface area contributed by atoms with E-state index >= 15 is 0 Å². The van der Waals surface area contributed by atoms with Crippen LogP contribution in [-0.2, 0) is 4.79 Å². The first-order chi connectivity index (χ1) is 10.8. The smallest absolute Gasteiger partial charge is 0.241 e. The van der Waals surface area contributed by atoms with E-state index in [9.17, 15) is 4.79 Å². The zero-order chi connectivity index (χ0) is 15.8. The van der Waals surface area contributed by atoms with Gasteiger partial charge in [0.05, 0.1) is 0 Å². The third kappa shape index (κ3) is 4.55. The molecule has 2 unspecified atom stereocenters. The van der Waals surface area contributed by atoms with E-state index in [0.29, 0.717) is 5.92 Å². The third-order valence-corrected chi connectivity index (χ3v) is 4.51. The molecular weight excluding hydrogens is 274 g/mol. The van der Waals surface area contributed by atoms with Gasteiger partial charge in [-0.25, -0.2) is 0 Å². The van der Waals surface area contributed by atoms with Crippen LogP contribution in [0.25, 0.3) is 0 Å². The molecule has 0 radical (unpaired) electrons. The third-order valence-electron chi connectivity index (χ3n) is 4.51. The van der Waals surface area contributed by atoms with Crippen LogP contribution in [0.5, 0.6) is 0 Å². The van der Waals surface area contributed by atoms with Crippen molar-refractivity contribution < 1.29 is 4.79 Å². The summed E-state index contributed by atoms with van der Waals surface area (Å²) in [6.07, 6.45) is 2.41. The molecular formula is C18H29N3O. The Morgan fingerprint density at radius 3 is 2.64 bits per heavy atom. The van der Waals surface area contributed by atoms with E-state index in [1.807, 2.05) is 30.3 Å². The van der Waals surface area contributed by atoms with E-state index in [2.05, 4.69) is 29.4 Å². The second-order valence-corrected chi connectivity index (χ2v) is 5.99. The van der Waals surface area contributed by atoms with Gasteiger partial charge in [-0.2, -0.15) is 0 Å². The number of carbonyl (C=O) groups excluding carboxylic acids is 1. The van der Waals surface area contributed by atoms with Crippen LogP contribution in [0.15, 0.2) is 30.3 Å². The van der Waals surface area contributed by atoms with Crippen molar-refractivity contribution in [3.8, 4) is 0 Å². The molecule has 1 fully saturated rings. The summed E-state index contributed by atoms with van der Waals surface area (Å²) in [6.45, 7) is 8.85. The quantitative estimate of drug-likeness (QED) is 0.811. The van der Waals surface area contributed by atoms with E-state index in [0.717, 1.165) is 38.3 Å². The molecule has 1 amide bonds. The van der Waals surface area contributed by atoms with Gasteiger partial charge < -0.3 is 10.6 Å². The Bertz CT molecular complexity index is 439. The molecule has 2 rings (SSSR count). The van der Waals surface area contributed by atoms with Gasteiger partial charge in [0.15, 0.2) is 0 Å². The van der Waals surface area contributed by atoms with Gasteiger partial charge in [-0.1, -0.05) is 44.2 Å². The number of carbonyl (C=O) groups is 1. The summed E-state index contributed by atoms with van der Waals surface area (Å²) < 4.78 is 0. The fraction of sp³-hybridized carbons (Fsp3) is 0.611. The van der Waals surface area contributed by atoms with Crippen LogP contribution in [0.1, 0.15) is 38.3 Å². The van der Waals surface area contributed by atoms with E-state index in [4.69, 9.17) is 0 Å². The Morgan fingerprint density at radius 2 is 2.05 bits per heavy atom. The van der Waals surface area contributed by atoms with Gasteiger partial charge in [-0.15, -0.1) is 0 Å². The molecule has 1 heterocycles. The topological polar surface area (TPSA) is 44.4 Å². The van der Waals surface area contributed by atoms with Crippen molar-refractivity contribution in [3.05, 3.63) is 35.9 Å². The predicted molar refractivity (Wildman–Crippen MR) is 90.7 cm³/mol. The van der Waals surface area contributed by atoms with Gasteiger partial charge in [-0.3, -0.25) is 9.69 Å². The lowest BCUT2D eigenvalue weighted by Crippen LogP contribution is -2.44. The number of nitrogens with zero attached hydrogens (tertiary/aromatic N) is 1. The largest absolute Gasteiger partial charge is 0.354 e. The lowest BCUT2D eigenvalue weighted by Gasteiger charge is -2.30. The van der Waals surface area contributed by atoms with Crippen LogP contribution in [-0.4, -0.2) is 43.5 Å². The van der Waals surface area contributed by atoms with Crippen LogP contribution in [0, 0.1) is 5.92 Å². The molecule has 2 N–H and O–H groups in total. The van der Waals surface area contributed by atoms with Gasteiger partial charge in [0, 0.05) is 6.54 Å². The van der Waals surface area contributed by atoms with Crippen molar-refractivity contribution in [2.75, 3.05) is 32.7 Å². The molecule has 0 spiro atoms. The highest BCUT2D eigenvalue weighted by molar-refractivity contribution is 5.83. The highest BCUT2D eigenvalue weighted by atomic mass is 16.2. The van der Waals surface area contributed by atoms with E-state index < -0.39 is 0 Å². The van der Waals surface area contributed by atoms with Crippen molar-refractivity contribution in [2.24, 2.45) is 5.92 Å². The van der Waals surface area contributed by atoms with Crippen LogP contribution in [0.3, 0.4) is 0 Å². The normalized spacial score (nSPS) is 19.9. The highest BCUT2D eigenvalue weighted by Crippen LogP contribution is 2.21. The zero-order valence-electron chi connectivity index (χ0n) is 13.8. The maximum Gasteiger partial charge on any atom is 0.241 e. The number of piperidine rings is 1. The summed E-state index contributed by atoms with van der Waals surface area (Å²) in [5.41, 5.74) is 1.07. The van der Waals surface area contributed by atoms with Gasteiger partial charge in [0.1, 0.15) is 6.04 Å². The van der Waals surface area contributed by atoms with Gasteiger partial charge >= 0.3 is 0 Å². The Kier molecular flexibility index (Phi) is 6.87. The van der Waals surface area contributed by atoms with Crippen LogP contribution < -0.4 is 10.6 Å². The summed E-state index contributed by atoms with van der Waals surface area (Å²) in [5, 5.41) is 6.58. The Balaban J connectivity index is 2.02. The summed E-state index contributed by atoms with van der Waals surface area (Å²) in [7, 11) is 0. The monoisotopic (exact) mass is 303 g/mol. The summed E-state index contributed by atoms with van der Waals surface area (Å²) in [5.74, 6) is 0.686. The van der Waals surface area contributed by atoms with Crippen LogP contribution >= 0.6 is 0 Å². The van der Waals surface area contributed by atoms with E-state index in [-0.39, 0.29) is 11.9 Å². The maximum absolute atomic E-state index is 12.8. The maximum atomic E-state index is 12.8. The number of likely N-dealkylation sites (N-methyl/N-ethyl adjacent to an activating group) is 1. The average Bonchev–Trinajstić information content (AvgIpc) is 2.59. The minimum absolute atomic E-state index is 0.125. The zero-order valence-corrected chi connectivity index (χ0v) is 13.8. The predicted octanol–water partition coefficient (Wildman–Crippen LogP) is 2.19. The molecule has 4 nitrogen and oxygen atoms in total. The van der Waals surface area contributed by atoms with Crippen molar-refractivity contribution in [1.82, 2.24) is 15.5 Å². The molecule has 2 atom stereocenters. The molecule has 1 aliphatic heterocycles. The average molecular weight is 303 g/mol. The van der Waals surface area contributed by atoms with Crippen molar-refractivity contribution in [2.45, 2.75) is 32.7 Å². The van der Waals surface area contributed by atoms with E-state index in [1.165, 1.54) is 12.8 Å². The molecule has 0 bridgehead atoms. The van der Waals surface area contributed by atoms with Crippen molar-refractivity contribution in [3.63, 3.8) is 0 Å². The van der Waals surface area contributed by atoms with Crippen LogP contribution in [0.4, 0.5) is 0 Å². The first-order valence-electron chi connectivity index (χ1n) is 8.53. The Labute approximate surface area is 134 Å². The minimum atomic E-state index is -0.187. The lowest BCUT2D eigenvalue weighted by atomic mass is 9.99. The number of rotatable bonds is 7. The highest BCUT2D eigenvalue weighted by Gasteiger charge is 2.26. The fourth-order valence-corrected chi connectivity index (χ4v) is 3.19. The minimum Gasteiger partial charge on any atom is -0.354 e. The molecule has 0 aromatic heterocycles. The van der Waals surface area contributed by atoms with Gasteiger partial charge in [0.2, 0.25) is 5.91 Å². The SMILES string of the molecule is CCN(CC)C(C(=O)NCC1CCCNC1)c1ccccc1. The first kappa shape index (κ1) is 17.0. The summed E-state index contributed by atoms with van der Waals surface area (Å²) in [6, 6.07) is 9.91. The van der Waals surface area contributed by atoms with E-state index in [1.54, 1.807) is 0 Å². The summed E-state index contributed by atoms with van der Waals surface area (Å²) >= 11 is 0. The number of benzene rings is 1. The molecule has 1 aromatic carbocycles. The Hall–Kier alpha value is -1.39. The molecule has 1 saturated heterocycles. The standard InChI is InChI=1S/C18H29N3O/c1-3-21(4-2)17(16-10-6-5-7-11-16)18(22)20-14-15-9-8-12-19-13-15/h5-7,10-11,15,17,19H,3-4,8-9,12-14H2,1-2H3,(H,20,22). The Morgan fingerprint density at radius 1 is 1.32 bits per heavy atom. The number of nitrogens with one attached hydrogen (secondary N) is 2. The molecule has 22 heavy (non-hydrogen) atoms. The number of hydrogen-bond acceptors (Lipinski definition) is 3. The van der Waals surface area contributed by atoms with Gasteiger partial charge in [-0.05, 0) is 50.5 Å². The van der Waals surface area contributed by atoms with Crippen molar-refractivity contribution in [1.29, 1.82) is 0 Å². The van der Waals surface area contributed by atoms with Crippen LogP contribution in [0.2, 0.25) is 0 Å². The molecule has 1 aromatic rings. The first-order valence-corrected chi connectivity index (χ1v) is 8.53. The lowest BCUT2D eigenvalue weighted by molar-refractivity contribution is -0.126. The number of amides is 1. The molecule has 4 heteroatoms. The van der Waals surface area contributed by atoms with Gasteiger partial charge in [0.25, 0.3) is 0 Å². The molecule has 0 saturated carbocycles. The molecule has 122 valence electrons. The molecule has 1 aliphatic rings. The summed E-state index contributed by atoms with van der Waals surface area (Å²) in [4.78, 5) is 15.0. The van der Waals surface area contributed by atoms with Crippen molar-refractivity contribution >= 4 is 5.91 Å².